The molecule has 3 heteroatoms. The normalized spacial score (nSPS) is 20.8. The van der Waals surface area contributed by atoms with Crippen molar-refractivity contribution in [3.8, 4) is 5.75 Å². The Morgan fingerprint density at radius 2 is 2.31 bits per heavy atom. The Labute approximate surface area is 76.4 Å². The lowest BCUT2D eigenvalue weighted by Crippen LogP contribution is -2.06. The molecule has 1 atom stereocenters. The van der Waals surface area contributed by atoms with E-state index in [0.717, 1.165) is 30.4 Å². The Morgan fingerprint density at radius 3 is 3.08 bits per heavy atom. The summed E-state index contributed by atoms with van der Waals surface area (Å²) in [6.45, 7) is 0. The van der Waals surface area contributed by atoms with Gasteiger partial charge in [0.25, 0.3) is 0 Å². The van der Waals surface area contributed by atoms with E-state index in [9.17, 15) is 10.0 Å². The first-order chi connectivity index (χ1) is 6.31. The first-order valence-electron chi connectivity index (χ1n) is 4.45. The number of aromatic hydroxyl groups is 1. The van der Waals surface area contributed by atoms with E-state index in [2.05, 4.69) is 5.18 Å². The number of rotatable bonds is 1. The van der Waals surface area contributed by atoms with E-state index in [1.807, 2.05) is 6.07 Å². The van der Waals surface area contributed by atoms with Crippen LogP contribution in [0.4, 0.5) is 0 Å². The van der Waals surface area contributed by atoms with E-state index in [0.29, 0.717) is 0 Å². The molecule has 1 aromatic rings. The number of hydrogen-bond acceptors (Lipinski definition) is 3. The molecule has 0 spiro atoms. The van der Waals surface area contributed by atoms with Gasteiger partial charge in [0.05, 0.1) is 0 Å². The van der Waals surface area contributed by atoms with Crippen molar-refractivity contribution in [3.63, 3.8) is 0 Å². The summed E-state index contributed by atoms with van der Waals surface area (Å²) in [4.78, 5) is 10.5. The SMILES string of the molecule is O=NC1CCCc2ccc(O)cc21. The molecule has 2 rings (SSSR count). The van der Waals surface area contributed by atoms with Gasteiger partial charge >= 0.3 is 0 Å². The molecule has 68 valence electrons. The number of phenols is 1. The van der Waals surface area contributed by atoms with E-state index >= 15 is 0 Å². The van der Waals surface area contributed by atoms with E-state index in [-0.39, 0.29) is 11.8 Å². The summed E-state index contributed by atoms with van der Waals surface area (Å²) in [5.74, 6) is 0.217. The molecule has 13 heavy (non-hydrogen) atoms. The van der Waals surface area contributed by atoms with Crippen LogP contribution in [-0.2, 0) is 6.42 Å². The maximum atomic E-state index is 10.5. The van der Waals surface area contributed by atoms with Gasteiger partial charge in [0.2, 0.25) is 0 Å². The third-order valence-electron chi connectivity index (χ3n) is 2.54. The molecule has 1 unspecified atom stereocenters. The molecule has 0 aliphatic heterocycles. The first-order valence-corrected chi connectivity index (χ1v) is 4.45. The van der Waals surface area contributed by atoms with Crippen molar-refractivity contribution in [1.29, 1.82) is 0 Å². The van der Waals surface area contributed by atoms with E-state index in [4.69, 9.17) is 0 Å². The minimum atomic E-state index is -0.254. The van der Waals surface area contributed by atoms with Gasteiger partial charge in [0, 0.05) is 0 Å². The number of fused-ring (bicyclic) bond motifs is 1. The molecule has 0 heterocycles. The Balaban J connectivity index is 2.47. The highest BCUT2D eigenvalue weighted by Crippen LogP contribution is 2.34. The molecule has 0 saturated heterocycles. The molecule has 0 amide bonds. The second-order valence-electron chi connectivity index (χ2n) is 3.40. The van der Waals surface area contributed by atoms with Gasteiger partial charge in [-0.15, -0.1) is 0 Å². The summed E-state index contributed by atoms with van der Waals surface area (Å²) >= 11 is 0. The Bertz CT molecular complexity index is 336. The third kappa shape index (κ3) is 1.41. The molecule has 3 nitrogen and oxygen atoms in total. The van der Waals surface area contributed by atoms with Crippen molar-refractivity contribution in [3.05, 3.63) is 34.2 Å². The highest BCUT2D eigenvalue weighted by molar-refractivity contribution is 5.38. The van der Waals surface area contributed by atoms with Gasteiger partial charge in [0.15, 0.2) is 0 Å². The average Bonchev–Trinajstić information content (AvgIpc) is 2.17. The molecular formula is C10H11NO2. The molecule has 1 aliphatic rings. The van der Waals surface area contributed by atoms with Crippen LogP contribution in [0.15, 0.2) is 23.4 Å². The Morgan fingerprint density at radius 1 is 1.46 bits per heavy atom. The average molecular weight is 177 g/mol. The van der Waals surface area contributed by atoms with Crippen LogP contribution in [0.25, 0.3) is 0 Å². The van der Waals surface area contributed by atoms with Crippen LogP contribution in [0.5, 0.6) is 5.75 Å². The van der Waals surface area contributed by atoms with Gasteiger partial charge in [-0.05, 0) is 42.5 Å². The van der Waals surface area contributed by atoms with Crippen LogP contribution in [0.2, 0.25) is 0 Å². The van der Waals surface area contributed by atoms with Gasteiger partial charge in [-0.3, -0.25) is 0 Å². The standard InChI is InChI=1S/C10H11NO2/c12-8-5-4-7-2-1-3-10(11-13)9(7)6-8/h4-6,10,12H,1-3H2. The molecule has 0 aromatic heterocycles. The fraction of sp³-hybridized carbons (Fsp3) is 0.400. The zero-order valence-corrected chi connectivity index (χ0v) is 7.23. The fourth-order valence-corrected chi connectivity index (χ4v) is 1.87. The smallest absolute Gasteiger partial charge is 0.117 e. The molecule has 0 bridgehead atoms. The number of nitrogens with zero attached hydrogens (tertiary/aromatic N) is 1. The summed E-state index contributed by atoms with van der Waals surface area (Å²) < 4.78 is 0. The van der Waals surface area contributed by atoms with Gasteiger partial charge in [-0.25, -0.2) is 0 Å². The highest BCUT2D eigenvalue weighted by Gasteiger charge is 2.20. The summed E-state index contributed by atoms with van der Waals surface area (Å²) in [6.07, 6.45) is 2.80. The van der Waals surface area contributed by atoms with Crippen LogP contribution >= 0.6 is 0 Å². The molecule has 1 aromatic carbocycles. The lowest BCUT2D eigenvalue weighted by Gasteiger charge is -2.19. The molecule has 0 fully saturated rings. The Kier molecular flexibility index (Phi) is 2.00. The van der Waals surface area contributed by atoms with Gasteiger partial charge in [-0.2, -0.15) is 4.91 Å². The first kappa shape index (κ1) is 8.23. The second-order valence-corrected chi connectivity index (χ2v) is 3.40. The number of hydrogen-bond donors (Lipinski definition) is 1. The summed E-state index contributed by atoms with van der Waals surface area (Å²) in [6, 6.07) is 4.94. The predicted octanol–water partition coefficient (Wildman–Crippen LogP) is 2.54. The Hall–Kier alpha value is -1.38. The molecule has 0 saturated carbocycles. The van der Waals surface area contributed by atoms with Crippen molar-refractivity contribution in [2.24, 2.45) is 5.18 Å². The summed E-state index contributed by atoms with van der Waals surface area (Å²) in [7, 11) is 0. The zero-order valence-electron chi connectivity index (χ0n) is 7.23. The van der Waals surface area contributed by atoms with Crippen LogP contribution in [0.1, 0.15) is 30.0 Å². The number of nitroso groups, excluding NO2 is 1. The zero-order chi connectivity index (χ0) is 9.26. The van der Waals surface area contributed by atoms with Crippen LogP contribution in [0, 0.1) is 4.91 Å². The molecular weight excluding hydrogens is 166 g/mol. The van der Waals surface area contributed by atoms with Crippen LogP contribution < -0.4 is 0 Å². The maximum absolute atomic E-state index is 10.5. The minimum absolute atomic E-state index is 0.217. The van der Waals surface area contributed by atoms with Crippen molar-refractivity contribution in [2.45, 2.75) is 25.3 Å². The van der Waals surface area contributed by atoms with Gasteiger partial charge in [-0.1, -0.05) is 11.2 Å². The third-order valence-corrected chi connectivity index (χ3v) is 2.54. The van der Waals surface area contributed by atoms with Crippen LogP contribution in [0.3, 0.4) is 0 Å². The molecule has 1 aliphatic carbocycles. The largest absolute Gasteiger partial charge is 0.508 e. The monoisotopic (exact) mass is 177 g/mol. The molecule has 0 radical (unpaired) electrons. The lowest BCUT2D eigenvalue weighted by atomic mass is 9.88. The minimum Gasteiger partial charge on any atom is -0.508 e. The summed E-state index contributed by atoms with van der Waals surface area (Å²) in [5, 5.41) is 12.3. The maximum Gasteiger partial charge on any atom is 0.117 e. The molecule has 1 N–H and O–H groups in total. The number of benzene rings is 1. The summed E-state index contributed by atoms with van der Waals surface area (Å²) in [5.41, 5.74) is 2.05. The second kappa shape index (κ2) is 3.17. The van der Waals surface area contributed by atoms with Crippen molar-refractivity contribution in [1.82, 2.24) is 0 Å². The van der Waals surface area contributed by atoms with E-state index < -0.39 is 0 Å². The van der Waals surface area contributed by atoms with Crippen LogP contribution in [-0.4, -0.2) is 5.11 Å². The van der Waals surface area contributed by atoms with Crippen molar-refractivity contribution < 1.29 is 5.11 Å². The van der Waals surface area contributed by atoms with Crippen molar-refractivity contribution >= 4 is 0 Å². The quantitative estimate of drug-likeness (QED) is 0.670. The topological polar surface area (TPSA) is 49.7 Å². The van der Waals surface area contributed by atoms with E-state index in [1.165, 1.54) is 0 Å². The van der Waals surface area contributed by atoms with Gasteiger partial charge < -0.3 is 5.11 Å². The number of phenolic OH excluding ortho intramolecular Hbond substituents is 1. The predicted molar refractivity (Wildman–Crippen MR) is 49.6 cm³/mol. The lowest BCUT2D eigenvalue weighted by molar-refractivity contribution is 0.470. The fourth-order valence-electron chi connectivity index (χ4n) is 1.87. The van der Waals surface area contributed by atoms with Crippen molar-refractivity contribution in [2.75, 3.05) is 0 Å². The number of aryl methyl sites for hydroxylation is 1. The van der Waals surface area contributed by atoms with Gasteiger partial charge in [0.1, 0.15) is 11.8 Å². The highest BCUT2D eigenvalue weighted by atomic mass is 16.3. The van der Waals surface area contributed by atoms with E-state index in [1.54, 1.807) is 12.1 Å².